The molecular formula is C19H21NO4. The van der Waals surface area contributed by atoms with Crippen LogP contribution in [0.2, 0.25) is 0 Å². The van der Waals surface area contributed by atoms with Gasteiger partial charge in [0.1, 0.15) is 0 Å². The number of nitrogens with one attached hydrogen (secondary N) is 1. The van der Waals surface area contributed by atoms with Crippen LogP contribution < -0.4 is 5.32 Å². The maximum Gasteiger partial charge on any atom is 0.336 e. The van der Waals surface area contributed by atoms with Crippen molar-refractivity contribution in [3.8, 4) is 11.1 Å². The Bertz CT molecular complexity index is 725. The molecule has 2 aromatic rings. The largest absolute Gasteiger partial charge is 0.478 e. The van der Waals surface area contributed by atoms with E-state index in [4.69, 9.17) is 4.74 Å². The number of rotatable bonds is 7. The Morgan fingerprint density at radius 1 is 1.00 bits per heavy atom. The molecule has 0 bridgehead atoms. The summed E-state index contributed by atoms with van der Waals surface area (Å²) in [5.74, 6) is -1.27. The summed E-state index contributed by atoms with van der Waals surface area (Å²) < 4.78 is 5.40. The number of carboxylic acids is 1. The molecule has 1 amide bonds. The van der Waals surface area contributed by atoms with Crippen molar-refractivity contribution in [3.63, 3.8) is 0 Å². The minimum atomic E-state index is -1.02. The number of ether oxygens (including phenoxy) is 1. The molecule has 0 saturated carbocycles. The van der Waals surface area contributed by atoms with Crippen molar-refractivity contribution in [2.45, 2.75) is 20.0 Å². The van der Waals surface area contributed by atoms with Gasteiger partial charge < -0.3 is 15.2 Å². The van der Waals surface area contributed by atoms with Crippen LogP contribution in [0.3, 0.4) is 0 Å². The third kappa shape index (κ3) is 4.43. The quantitative estimate of drug-likeness (QED) is 0.766. The van der Waals surface area contributed by atoms with Crippen molar-refractivity contribution < 1.29 is 19.4 Å². The number of carbonyl (C=O) groups excluding carboxylic acids is 1. The lowest BCUT2D eigenvalue weighted by atomic mass is 9.95. The normalized spacial score (nSPS) is 10.6. The van der Waals surface area contributed by atoms with Crippen molar-refractivity contribution in [2.75, 3.05) is 13.2 Å². The molecule has 0 spiro atoms. The third-order valence-corrected chi connectivity index (χ3v) is 3.46. The van der Waals surface area contributed by atoms with Crippen LogP contribution in [0.4, 0.5) is 0 Å². The van der Waals surface area contributed by atoms with Crippen molar-refractivity contribution >= 4 is 11.9 Å². The van der Waals surface area contributed by atoms with E-state index < -0.39 is 5.97 Å². The van der Waals surface area contributed by atoms with Gasteiger partial charge in [-0.15, -0.1) is 0 Å². The predicted molar refractivity (Wildman–Crippen MR) is 92.3 cm³/mol. The van der Waals surface area contributed by atoms with Crippen LogP contribution >= 0.6 is 0 Å². The molecule has 0 aliphatic carbocycles. The van der Waals surface area contributed by atoms with E-state index in [-0.39, 0.29) is 17.6 Å². The molecule has 0 atom stereocenters. The molecule has 0 radical (unpaired) electrons. The first-order valence-electron chi connectivity index (χ1n) is 7.82. The van der Waals surface area contributed by atoms with Gasteiger partial charge in [0.15, 0.2) is 0 Å². The lowest BCUT2D eigenvalue weighted by molar-refractivity contribution is 0.0697. The predicted octanol–water partition coefficient (Wildman–Crippen LogP) is 3.21. The Morgan fingerprint density at radius 2 is 1.54 bits per heavy atom. The topological polar surface area (TPSA) is 75.6 Å². The second-order valence-electron chi connectivity index (χ2n) is 5.57. The number of hydrogen-bond donors (Lipinski definition) is 2. The molecule has 5 heteroatoms. The molecule has 2 aromatic carbocycles. The van der Waals surface area contributed by atoms with Crippen LogP contribution in [0.1, 0.15) is 34.6 Å². The third-order valence-electron chi connectivity index (χ3n) is 3.46. The van der Waals surface area contributed by atoms with Crippen molar-refractivity contribution in [2.24, 2.45) is 0 Å². The van der Waals surface area contributed by atoms with Crippen molar-refractivity contribution in [3.05, 3.63) is 59.7 Å². The number of benzene rings is 2. The maximum absolute atomic E-state index is 12.5. The standard InChI is InChI=1S/C19H21NO4/c1-13(2)24-12-11-20-18(21)16-9-5-3-7-14(16)15-8-4-6-10-17(15)19(22)23/h3-10,13H,11-12H2,1-2H3,(H,20,21)(H,22,23). The Labute approximate surface area is 141 Å². The van der Waals surface area contributed by atoms with Crippen molar-refractivity contribution in [1.82, 2.24) is 5.32 Å². The Balaban J connectivity index is 2.25. The molecule has 0 fully saturated rings. The molecule has 0 heterocycles. The van der Waals surface area contributed by atoms with Crippen LogP contribution in [-0.4, -0.2) is 36.2 Å². The summed E-state index contributed by atoms with van der Waals surface area (Å²) in [6.45, 7) is 4.68. The monoisotopic (exact) mass is 327 g/mol. The summed E-state index contributed by atoms with van der Waals surface area (Å²) in [6, 6.07) is 13.6. The van der Waals surface area contributed by atoms with Crippen molar-refractivity contribution in [1.29, 1.82) is 0 Å². The lowest BCUT2D eigenvalue weighted by Gasteiger charge is -2.13. The first-order valence-corrected chi connectivity index (χ1v) is 7.82. The number of hydrogen-bond acceptors (Lipinski definition) is 3. The fourth-order valence-corrected chi connectivity index (χ4v) is 2.37. The van der Waals surface area contributed by atoms with Crippen LogP contribution in [0.15, 0.2) is 48.5 Å². The molecule has 24 heavy (non-hydrogen) atoms. The maximum atomic E-state index is 12.5. The van der Waals surface area contributed by atoms with E-state index in [0.717, 1.165) is 0 Å². The summed E-state index contributed by atoms with van der Waals surface area (Å²) in [5.41, 5.74) is 1.73. The first-order chi connectivity index (χ1) is 11.5. The summed E-state index contributed by atoms with van der Waals surface area (Å²) in [5, 5.41) is 12.2. The zero-order valence-electron chi connectivity index (χ0n) is 13.8. The smallest absolute Gasteiger partial charge is 0.336 e. The van der Waals surface area contributed by atoms with Gasteiger partial charge in [-0.3, -0.25) is 4.79 Å². The van der Waals surface area contributed by atoms with Crippen LogP contribution in [0.5, 0.6) is 0 Å². The average molecular weight is 327 g/mol. The molecule has 5 nitrogen and oxygen atoms in total. The van der Waals surface area contributed by atoms with Crippen LogP contribution in [0, 0.1) is 0 Å². The van der Waals surface area contributed by atoms with Gasteiger partial charge in [-0.25, -0.2) is 4.79 Å². The SMILES string of the molecule is CC(C)OCCNC(=O)c1ccccc1-c1ccccc1C(=O)O. The number of carbonyl (C=O) groups is 2. The Morgan fingerprint density at radius 3 is 2.12 bits per heavy atom. The van der Waals surface area contributed by atoms with E-state index >= 15 is 0 Å². The van der Waals surface area contributed by atoms with Gasteiger partial charge in [-0.1, -0.05) is 36.4 Å². The van der Waals surface area contributed by atoms with E-state index in [0.29, 0.717) is 29.8 Å². The summed E-state index contributed by atoms with van der Waals surface area (Å²) in [4.78, 5) is 23.9. The van der Waals surface area contributed by atoms with Gasteiger partial charge >= 0.3 is 5.97 Å². The number of amides is 1. The van der Waals surface area contributed by atoms with E-state index in [1.165, 1.54) is 6.07 Å². The highest BCUT2D eigenvalue weighted by molar-refractivity contribution is 6.04. The second kappa shape index (κ2) is 8.26. The fourth-order valence-electron chi connectivity index (χ4n) is 2.37. The summed E-state index contributed by atoms with van der Waals surface area (Å²) in [7, 11) is 0. The fraction of sp³-hybridized carbons (Fsp3) is 0.263. The van der Waals surface area contributed by atoms with Crippen LogP contribution in [0.25, 0.3) is 11.1 Å². The van der Waals surface area contributed by atoms with Gasteiger partial charge in [0.25, 0.3) is 5.91 Å². The molecule has 0 aliphatic rings. The summed E-state index contributed by atoms with van der Waals surface area (Å²) >= 11 is 0. The Kier molecular flexibility index (Phi) is 6.09. The van der Waals surface area contributed by atoms with Crippen LogP contribution in [-0.2, 0) is 4.74 Å². The van der Waals surface area contributed by atoms with Gasteiger partial charge in [0.2, 0.25) is 0 Å². The molecule has 0 saturated heterocycles. The van der Waals surface area contributed by atoms with E-state index in [1.54, 1.807) is 42.5 Å². The molecule has 126 valence electrons. The van der Waals surface area contributed by atoms with E-state index in [1.807, 2.05) is 13.8 Å². The molecular weight excluding hydrogens is 306 g/mol. The van der Waals surface area contributed by atoms with E-state index in [9.17, 15) is 14.7 Å². The molecule has 2 rings (SSSR count). The number of aromatic carboxylic acids is 1. The lowest BCUT2D eigenvalue weighted by Crippen LogP contribution is -2.28. The van der Waals surface area contributed by atoms with Gasteiger partial charge in [-0.05, 0) is 37.1 Å². The van der Waals surface area contributed by atoms with E-state index in [2.05, 4.69) is 5.32 Å². The minimum absolute atomic E-state index is 0.108. The molecule has 2 N–H and O–H groups in total. The first kappa shape index (κ1) is 17.7. The van der Waals surface area contributed by atoms with Gasteiger partial charge in [-0.2, -0.15) is 0 Å². The average Bonchev–Trinajstić information content (AvgIpc) is 2.58. The minimum Gasteiger partial charge on any atom is -0.478 e. The van der Waals surface area contributed by atoms with Gasteiger partial charge in [0.05, 0.1) is 18.3 Å². The highest BCUT2D eigenvalue weighted by Gasteiger charge is 2.17. The zero-order chi connectivity index (χ0) is 17.5. The molecule has 0 unspecified atom stereocenters. The summed E-state index contributed by atoms with van der Waals surface area (Å²) in [6.07, 6.45) is 0.108. The highest BCUT2D eigenvalue weighted by atomic mass is 16.5. The molecule has 0 aromatic heterocycles. The van der Waals surface area contributed by atoms with Gasteiger partial charge in [0, 0.05) is 12.1 Å². The Hall–Kier alpha value is -2.66. The number of carboxylic acid groups (broad SMARTS) is 1. The highest BCUT2D eigenvalue weighted by Crippen LogP contribution is 2.27. The molecule has 0 aliphatic heterocycles. The second-order valence-corrected chi connectivity index (χ2v) is 5.57. The zero-order valence-corrected chi connectivity index (χ0v) is 13.8.